The highest BCUT2D eigenvalue weighted by Crippen LogP contribution is 2.24. The lowest BCUT2D eigenvalue weighted by atomic mass is 10.2. The highest BCUT2D eigenvalue weighted by Gasteiger charge is 2.31. The number of hydrogen-bond acceptors (Lipinski definition) is 10. The Kier molecular flexibility index (Phi) is 10.9. The molecular formula is C24H25F5N8O3S. The number of benzene rings is 1. The van der Waals surface area contributed by atoms with Gasteiger partial charge >= 0.3 is 6.36 Å². The zero-order valence-corrected chi connectivity index (χ0v) is 22.0. The number of carbonyl (C=O) groups is 2. The number of pyridine rings is 1. The van der Waals surface area contributed by atoms with E-state index in [1.165, 1.54) is 0 Å². The van der Waals surface area contributed by atoms with Crippen molar-refractivity contribution in [3.8, 4) is 5.75 Å². The van der Waals surface area contributed by atoms with Crippen molar-refractivity contribution in [3.05, 3.63) is 76.6 Å². The summed E-state index contributed by atoms with van der Waals surface area (Å²) in [6, 6.07) is 7.54. The van der Waals surface area contributed by atoms with Gasteiger partial charge in [-0.25, -0.2) is 14.6 Å². The van der Waals surface area contributed by atoms with E-state index in [0.29, 0.717) is 10.7 Å². The van der Waals surface area contributed by atoms with E-state index in [9.17, 15) is 31.5 Å². The van der Waals surface area contributed by atoms with Crippen LogP contribution >= 0.6 is 11.3 Å². The van der Waals surface area contributed by atoms with Crippen molar-refractivity contribution in [1.82, 2.24) is 25.5 Å². The van der Waals surface area contributed by atoms with Gasteiger partial charge in [-0.2, -0.15) is 0 Å². The summed E-state index contributed by atoms with van der Waals surface area (Å²) in [5.41, 5.74) is 5.51. The second-order valence-corrected chi connectivity index (χ2v) is 9.51. The molecule has 6 N–H and O–H groups in total. The Morgan fingerprint density at radius 1 is 1.20 bits per heavy atom. The molecule has 2 heterocycles. The predicted molar refractivity (Wildman–Crippen MR) is 138 cm³/mol. The van der Waals surface area contributed by atoms with E-state index in [4.69, 9.17) is 11.6 Å². The summed E-state index contributed by atoms with van der Waals surface area (Å²) in [7, 11) is 0. The molecule has 2 amide bonds. The van der Waals surface area contributed by atoms with E-state index in [1.807, 2.05) is 0 Å². The largest absolute Gasteiger partial charge is 0.573 e. The van der Waals surface area contributed by atoms with Gasteiger partial charge < -0.3 is 26.1 Å². The molecule has 3 aromatic rings. The minimum absolute atomic E-state index is 0.000228. The SMILES string of the molecule is N/C(=C\N(N)CC(F)CCc1nnc(NC(=O)Cc2ccccn2)s1)C(=O)NCc1cc(OC(F)(F)F)ccc1F. The third-order valence-corrected chi connectivity index (χ3v) is 6.02. The third kappa shape index (κ3) is 11.0. The Morgan fingerprint density at radius 2 is 1.98 bits per heavy atom. The van der Waals surface area contributed by atoms with Gasteiger partial charge in [-0.15, -0.1) is 23.4 Å². The van der Waals surface area contributed by atoms with Crippen LogP contribution in [-0.4, -0.2) is 51.1 Å². The highest BCUT2D eigenvalue weighted by atomic mass is 32.1. The molecular weight excluding hydrogens is 575 g/mol. The van der Waals surface area contributed by atoms with Crippen LogP contribution < -0.4 is 26.9 Å². The first-order valence-corrected chi connectivity index (χ1v) is 12.7. The Labute approximate surface area is 234 Å². The number of alkyl halides is 4. The van der Waals surface area contributed by atoms with Crippen molar-refractivity contribution in [2.45, 2.75) is 38.3 Å². The molecule has 0 bridgehead atoms. The number of carbonyl (C=O) groups excluding carboxylic acids is 2. The van der Waals surface area contributed by atoms with Crippen LogP contribution in [0.2, 0.25) is 0 Å². The summed E-state index contributed by atoms with van der Waals surface area (Å²) in [5.74, 6) is 2.93. The molecule has 2 aromatic heterocycles. The molecule has 17 heteroatoms. The second-order valence-electron chi connectivity index (χ2n) is 8.45. The number of nitrogens with zero attached hydrogens (tertiary/aromatic N) is 4. The Hall–Kier alpha value is -4.38. The summed E-state index contributed by atoms with van der Waals surface area (Å²) < 4.78 is 69.2. The summed E-state index contributed by atoms with van der Waals surface area (Å²) in [4.78, 5) is 28.4. The van der Waals surface area contributed by atoms with Crippen molar-refractivity contribution < 1.29 is 36.3 Å². The highest BCUT2D eigenvalue weighted by molar-refractivity contribution is 7.15. The number of aryl methyl sites for hydroxylation is 1. The lowest BCUT2D eigenvalue weighted by molar-refractivity contribution is -0.274. The van der Waals surface area contributed by atoms with Gasteiger partial charge in [-0.05, 0) is 36.8 Å². The van der Waals surface area contributed by atoms with Gasteiger partial charge in [0.2, 0.25) is 11.0 Å². The molecule has 0 saturated carbocycles. The number of anilines is 1. The lowest BCUT2D eigenvalue weighted by Crippen LogP contribution is -2.36. The first-order valence-electron chi connectivity index (χ1n) is 11.8. The Bertz CT molecular complexity index is 1360. The molecule has 11 nitrogen and oxygen atoms in total. The van der Waals surface area contributed by atoms with Gasteiger partial charge in [0.15, 0.2) is 0 Å². The number of hydrazine groups is 1. The molecule has 220 valence electrons. The van der Waals surface area contributed by atoms with Crippen LogP contribution in [0.5, 0.6) is 5.75 Å². The van der Waals surface area contributed by atoms with Crippen LogP contribution in [0.1, 0.15) is 22.7 Å². The predicted octanol–water partition coefficient (Wildman–Crippen LogP) is 2.71. The van der Waals surface area contributed by atoms with E-state index < -0.39 is 42.2 Å². The van der Waals surface area contributed by atoms with Gasteiger partial charge in [-0.1, -0.05) is 17.4 Å². The Balaban J connectivity index is 1.42. The van der Waals surface area contributed by atoms with Crippen LogP contribution in [-0.2, 0) is 29.0 Å². The van der Waals surface area contributed by atoms with Crippen LogP contribution in [0, 0.1) is 5.82 Å². The molecule has 0 fully saturated rings. The van der Waals surface area contributed by atoms with Crippen LogP contribution in [0.15, 0.2) is 54.5 Å². The average Bonchev–Trinajstić information content (AvgIpc) is 3.34. The molecule has 1 unspecified atom stereocenters. The van der Waals surface area contributed by atoms with E-state index in [0.717, 1.165) is 40.7 Å². The molecule has 0 spiro atoms. The lowest BCUT2D eigenvalue weighted by Gasteiger charge is -2.17. The van der Waals surface area contributed by atoms with E-state index in [1.54, 1.807) is 24.4 Å². The smallest absolute Gasteiger partial charge is 0.406 e. The first-order chi connectivity index (χ1) is 19.4. The van der Waals surface area contributed by atoms with Gasteiger partial charge in [-0.3, -0.25) is 14.6 Å². The number of halogens is 5. The molecule has 1 aromatic carbocycles. The maximum Gasteiger partial charge on any atom is 0.573 e. The van der Waals surface area contributed by atoms with Gasteiger partial charge in [0.05, 0.1) is 13.0 Å². The maximum absolute atomic E-state index is 14.5. The fourth-order valence-corrected chi connectivity index (χ4v) is 4.06. The van der Waals surface area contributed by atoms with E-state index in [2.05, 4.69) is 30.6 Å². The summed E-state index contributed by atoms with van der Waals surface area (Å²) in [5, 5.41) is 14.2. The zero-order valence-electron chi connectivity index (χ0n) is 21.2. The van der Waals surface area contributed by atoms with Gasteiger partial charge in [0, 0.05) is 36.6 Å². The number of aromatic nitrogens is 3. The third-order valence-electron chi connectivity index (χ3n) is 5.12. The normalized spacial score (nSPS) is 12.5. The van der Waals surface area contributed by atoms with Gasteiger partial charge in [0.1, 0.15) is 28.4 Å². The van der Waals surface area contributed by atoms with Crippen molar-refractivity contribution in [3.63, 3.8) is 0 Å². The minimum atomic E-state index is -4.97. The maximum atomic E-state index is 14.5. The summed E-state index contributed by atoms with van der Waals surface area (Å²) >= 11 is 1.09. The number of nitrogens with one attached hydrogen (secondary N) is 2. The zero-order chi connectivity index (χ0) is 30.0. The monoisotopic (exact) mass is 600 g/mol. The summed E-state index contributed by atoms with van der Waals surface area (Å²) in [6.45, 7) is -0.843. The second kappa shape index (κ2) is 14.3. The number of nitrogens with two attached hydrogens (primary N) is 2. The fraction of sp³-hybridized carbons (Fsp3) is 0.292. The van der Waals surface area contributed by atoms with E-state index >= 15 is 0 Å². The molecule has 0 saturated heterocycles. The molecule has 1 atom stereocenters. The number of hydrogen-bond donors (Lipinski definition) is 4. The first kappa shape index (κ1) is 31.2. The molecule has 41 heavy (non-hydrogen) atoms. The fourth-order valence-electron chi connectivity index (χ4n) is 3.29. The number of ether oxygens (including phenoxy) is 1. The average molecular weight is 601 g/mol. The van der Waals surface area contributed by atoms with Crippen LogP contribution in [0.25, 0.3) is 0 Å². The topological polar surface area (TPSA) is 161 Å². The molecule has 0 aliphatic carbocycles. The van der Waals surface area contributed by atoms with Gasteiger partial charge in [0.25, 0.3) is 5.91 Å². The van der Waals surface area contributed by atoms with Crippen molar-refractivity contribution in [2.24, 2.45) is 11.6 Å². The number of amides is 2. The Morgan fingerprint density at radius 3 is 2.68 bits per heavy atom. The standard InChI is InChI=1S/C24H25F5N8O3S/c25-15(4-7-21-35-36-23(41-21)34-20(38)10-16-3-1-2-8-32-16)12-37(31)13-19(30)22(39)33-11-14-9-17(5-6-18(14)26)40-24(27,28)29/h1-3,5-6,8-9,13,15H,4,7,10-12,30-31H2,(H,33,39)(H,34,36,38)/b19-13-. The quantitative estimate of drug-likeness (QED) is 0.100. The van der Waals surface area contributed by atoms with Crippen LogP contribution in [0.3, 0.4) is 0 Å². The van der Waals surface area contributed by atoms with Crippen LogP contribution in [0.4, 0.5) is 27.1 Å². The molecule has 0 aliphatic heterocycles. The van der Waals surface area contributed by atoms with Crippen molar-refractivity contribution in [1.29, 1.82) is 0 Å². The van der Waals surface area contributed by atoms with E-state index in [-0.39, 0.29) is 42.4 Å². The number of rotatable bonds is 13. The van der Waals surface area contributed by atoms with Crippen molar-refractivity contribution >= 4 is 28.3 Å². The minimum Gasteiger partial charge on any atom is -0.406 e. The summed E-state index contributed by atoms with van der Waals surface area (Å²) in [6.07, 6.45) is -3.63. The molecule has 3 rings (SSSR count). The van der Waals surface area contributed by atoms with Crippen molar-refractivity contribution in [2.75, 3.05) is 11.9 Å². The molecule has 0 radical (unpaired) electrons. The molecule has 0 aliphatic rings.